The number of benzene rings is 1. The molecule has 0 heterocycles. The molecule has 1 heteroatoms. The van der Waals surface area contributed by atoms with Crippen LogP contribution in [-0.2, 0) is 6.42 Å². The Hall–Kier alpha value is -0.820. The Balaban J connectivity index is 2.14. The molecule has 1 aliphatic carbocycles. The number of rotatable bonds is 5. The molecule has 0 amide bonds. The minimum absolute atomic E-state index is 0.145. The van der Waals surface area contributed by atoms with Gasteiger partial charge in [0, 0.05) is 5.41 Å². The summed E-state index contributed by atoms with van der Waals surface area (Å²) in [5, 5.41) is 10.7. The zero-order valence-electron chi connectivity index (χ0n) is 11.8. The van der Waals surface area contributed by atoms with E-state index in [2.05, 4.69) is 38.1 Å². The van der Waals surface area contributed by atoms with E-state index in [1.54, 1.807) is 0 Å². The molecule has 1 N–H and O–H groups in total. The van der Waals surface area contributed by atoms with E-state index in [0.29, 0.717) is 0 Å². The number of hydrogen-bond donors (Lipinski definition) is 1. The Kier molecular flexibility index (Phi) is 4.45. The van der Waals surface area contributed by atoms with Crippen molar-refractivity contribution in [2.24, 2.45) is 5.41 Å². The van der Waals surface area contributed by atoms with Crippen molar-refractivity contribution in [3.63, 3.8) is 0 Å². The first-order chi connectivity index (χ1) is 8.72. The zero-order valence-corrected chi connectivity index (χ0v) is 11.8. The standard InChI is InChI=1S/C17H26O/c1-3-7-14-8-10-15(11-9-14)16(18)17(4-2)12-5-6-13-17/h8-11,16,18H,3-7,12-13H2,1-2H3. The molecule has 1 unspecified atom stereocenters. The van der Waals surface area contributed by atoms with Gasteiger partial charge in [-0.3, -0.25) is 0 Å². The van der Waals surface area contributed by atoms with E-state index in [1.165, 1.54) is 37.7 Å². The molecule has 2 rings (SSSR count). The number of hydrogen-bond acceptors (Lipinski definition) is 1. The second-order valence-corrected chi connectivity index (χ2v) is 5.82. The third-order valence-corrected chi connectivity index (χ3v) is 4.72. The predicted molar refractivity (Wildman–Crippen MR) is 76.6 cm³/mol. The highest BCUT2D eigenvalue weighted by Crippen LogP contribution is 2.49. The molecule has 1 aromatic rings. The van der Waals surface area contributed by atoms with Crippen LogP contribution in [0.5, 0.6) is 0 Å². The second-order valence-electron chi connectivity index (χ2n) is 5.82. The van der Waals surface area contributed by atoms with Crippen molar-refractivity contribution >= 4 is 0 Å². The maximum Gasteiger partial charge on any atom is 0.0846 e. The van der Waals surface area contributed by atoms with Gasteiger partial charge in [-0.05, 0) is 36.8 Å². The summed E-state index contributed by atoms with van der Waals surface area (Å²) in [6.07, 6.45) is 8.04. The van der Waals surface area contributed by atoms with Gasteiger partial charge in [-0.1, -0.05) is 57.4 Å². The smallest absolute Gasteiger partial charge is 0.0846 e. The zero-order chi connectivity index (χ0) is 13.0. The van der Waals surface area contributed by atoms with Crippen molar-refractivity contribution < 1.29 is 5.11 Å². The Labute approximate surface area is 111 Å². The van der Waals surface area contributed by atoms with Crippen LogP contribution in [0.4, 0.5) is 0 Å². The van der Waals surface area contributed by atoms with Crippen LogP contribution in [0.3, 0.4) is 0 Å². The molecule has 1 atom stereocenters. The van der Waals surface area contributed by atoms with Crippen molar-refractivity contribution in [2.75, 3.05) is 0 Å². The lowest BCUT2D eigenvalue weighted by atomic mass is 9.75. The molecule has 1 aromatic carbocycles. The fourth-order valence-electron chi connectivity index (χ4n) is 3.41. The highest BCUT2D eigenvalue weighted by Gasteiger charge is 2.39. The van der Waals surface area contributed by atoms with Gasteiger partial charge in [0.25, 0.3) is 0 Å². The van der Waals surface area contributed by atoms with Gasteiger partial charge in [-0.2, -0.15) is 0 Å². The first kappa shape index (κ1) is 13.6. The van der Waals surface area contributed by atoms with E-state index in [1.807, 2.05) is 0 Å². The van der Waals surface area contributed by atoms with Gasteiger partial charge in [-0.25, -0.2) is 0 Å². The van der Waals surface area contributed by atoms with Gasteiger partial charge in [-0.15, -0.1) is 0 Å². The Morgan fingerprint density at radius 2 is 1.72 bits per heavy atom. The first-order valence-corrected chi connectivity index (χ1v) is 7.49. The van der Waals surface area contributed by atoms with Crippen LogP contribution in [0.15, 0.2) is 24.3 Å². The van der Waals surface area contributed by atoms with E-state index in [9.17, 15) is 5.11 Å². The van der Waals surface area contributed by atoms with E-state index in [4.69, 9.17) is 0 Å². The van der Waals surface area contributed by atoms with Crippen LogP contribution in [0.2, 0.25) is 0 Å². The van der Waals surface area contributed by atoms with Crippen molar-refractivity contribution in [1.29, 1.82) is 0 Å². The molecular weight excluding hydrogens is 220 g/mol. The molecular formula is C17H26O. The van der Waals surface area contributed by atoms with E-state index in [-0.39, 0.29) is 11.5 Å². The summed E-state index contributed by atoms with van der Waals surface area (Å²) < 4.78 is 0. The van der Waals surface area contributed by atoms with Gasteiger partial charge in [0.15, 0.2) is 0 Å². The second kappa shape index (κ2) is 5.88. The molecule has 1 saturated carbocycles. The maximum atomic E-state index is 10.7. The van der Waals surface area contributed by atoms with Crippen molar-refractivity contribution in [3.05, 3.63) is 35.4 Å². The first-order valence-electron chi connectivity index (χ1n) is 7.49. The van der Waals surface area contributed by atoms with Gasteiger partial charge in [0.1, 0.15) is 0 Å². The molecule has 1 aliphatic rings. The van der Waals surface area contributed by atoms with Crippen LogP contribution in [0.25, 0.3) is 0 Å². The van der Waals surface area contributed by atoms with Gasteiger partial charge in [0.05, 0.1) is 6.10 Å². The topological polar surface area (TPSA) is 20.2 Å². The van der Waals surface area contributed by atoms with E-state index >= 15 is 0 Å². The molecule has 18 heavy (non-hydrogen) atoms. The van der Waals surface area contributed by atoms with E-state index < -0.39 is 0 Å². The van der Waals surface area contributed by atoms with Crippen LogP contribution < -0.4 is 0 Å². The predicted octanol–water partition coefficient (Wildman–Crippen LogP) is 4.64. The van der Waals surface area contributed by atoms with Crippen molar-refractivity contribution in [2.45, 2.75) is 64.9 Å². The summed E-state index contributed by atoms with van der Waals surface area (Å²) in [6, 6.07) is 8.62. The lowest BCUT2D eigenvalue weighted by Gasteiger charge is -2.33. The van der Waals surface area contributed by atoms with Crippen molar-refractivity contribution in [1.82, 2.24) is 0 Å². The summed E-state index contributed by atoms with van der Waals surface area (Å²) in [6.45, 7) is 4.42. The summed E-state index contributed by atoms with van der Waals surface area (Å²) in [5.41, 5.74) is 2.63. The summed E-state index contributed by atoms with van der Waals surface area (Å²) in [4.78, 5) is 0. The summed E-state index contributed by atoms with van der Waals surface area (Å²) in [5.74, 6) is 0. The lowest BCUT2D eigenvalue weighted by Crippen LogP contribution is -2.25. The van der Waals surface area contributed by atoms with Gasteiger partial charge >= 0.3 is 0 Å². The number of aryl methyl sites for hydroxylation is 1. The molecule has 0 saturated heterocycles. The molecule has 100 valence electrons. The maximum absolute atomic E-state index is 10.7. The Bertz CT molecular complexity index is 360. The molecule has 1 nitrogen and oxygen atoms in total. The van der Waals surface area contributed by atoms with Gasteiger partial charge in [0.2, 0.25) is 0 Å². The summed E-state index contributed by atoms with van der Waals surface area (Å²) >= 11 is 0. The average Bonchev–Trinajstić information content (AvgIpc) is 2.89. The summed E-state index contributed by atoms with van der Waals surface area (Å²) in [7, 11) is 0. The quantitative estimate of drug-likeness (QED) is 0.802. The Morgan fingerprint density at radius 1 is 1.11 bits per heavy atom. The fraction of sp³-hybridized carbons (Fsp3) is 0.647. The molecule has 1 fully saturated rings. The minimum Gasteiger partial charge on any atom is -0.388 e. The monoisotopic (exact) mass is 246 g/mol. The van der Waals surface area contributed by atoms with Crippen LogP contribution in [0.1, 0.15) is 69.6 Å². The minimum atomic E-state index is -0.277. The van der Waals surface area contributed by atoms with Crippen LogP contribution in [-0.4, -0.2) is 5.11 Å². The highest BCUT2D eigenvalue weighted by molar-refractivity contribution is 5.26. The molecule has 0 aliphatic heterocycles. The molecule has 0 bridgehead atoms. The Morgan fingerprint density at radius 3 is 2.22 bits per heavy atom. The third kappa shape index (κ3) is 2.61. The van der Waals surface area contributed by atoms with Gasteiger partial charge < -0.3 is 5.11 Å². The van der Waals surface area contributed by atoms with Crippen LogP contribution in [0, 0.1) is 5.41 Å². The van der Waals surface area contributed by atoms with E-state index in [0.717, 1.165) is 18.4 Å². The largest absolute Gasteiger partial charge is 0.388 e. The molecule has 0 spiro atoms. The molecule has 0 aromatic heterocycles. The highest BCUT2D eigenvalue weighted by atomic mass is 16.3. The SMILES string of the molecule is CCCc1ccc(C(O)C2(CC)CCCC2)cc1. The van der Waals surface area contributed by atoms with Crippen LogP contribution >= 0.6 is 0 Å². The number of aliphatic hydroxyl groups is 1. The third-order valence-electron chi connectivity index (χ3n) is 4.72. The van der Waals surface area contributed by atoms with Crippen molar-refractivity contribution in [3.8, 4) is 0 Å². The lowest BCUT2D eigenvalue weighted by molar-refractivity contribution is 0.0237. The molecule has 0 radical (unpaired) electrons. The normalized spacial score (nSPS) is 19.9. The number of aliphatic hydroxyl groups excluding tert-OH is 1. The fourth-order valence-corrected chi connectivity index (χ4v) is 3.41. The average molecular weight is 246 g/mol.